The Morgan fingerprint density at radius 3 is 2.38 bits per heavy atom. The van der Waals surface area contributed by atoms with Crippen LogP contribution in [0.5, 0.6) is 0 Å². The van der Waals surface area contributed by atoms with Crippen molar-refractivity contribution in [1.82, 2.24) is 0 Å². The Kier molecular flexibility index (Phi) is 6.63. The molecule has 0 saturated carbocycles. The summed E-state index contributed by atoms with van der Waals surface area (Å²) in [6, 6.07) is 18.9. The van der Waals surface area contributed by atoms with E-state index in [0.29, 0.717) is 15.7 Å². The summed E-state index contributed by atoms with van der Waals surface area (Å²) in [5, 5.41) is 4.00. The molecule has 0 fully saturated rings. The van der Waals surface area contributed by atoms with Gasteiger partial charge in [0.15, 0.2) is 9.84 Å². The van der Waals surface area contributed by atoms with E-state index in [0.717, 1.165) is 16.7 Å². The van der Waals surface area contributed by atoms with Gasteiger partial charge >= 0.3 is 0 Å². The number of nitrogens with one attached hydrogen (secondary N) is 1. The molecule has 0 atom stereocenters. The first-order chi connectivity index (χ1) is 13.8. The van der Waals surface area contributed by atoms with Crippen molar-refractivity contribution in [3.05, 3.63) is 82.3 Å². The molecule has 0 bridgehead atoms. The van der Waals surface area contributed by atoms with Crippen molar-refractivity contribution in [1.29, 1.82) is 0 Å². The summed E-state index contributed by atoms with van der Waals surface area (Å²) in [4.78, 5) is 12.7. The monoisotopic (exact) mass is 447 g/mol. The van der Waals surface area contributed by atoms with E-state index in [9.17, 15) is 13.2 Å². The molecule has 150 valence electrons. The predicted octanol–water partition coefficient (Wildman–Crippen LogP) is 5.64. The highest BCUT2D eigenvalue weighted by Crippen LogP contribution is 2.31. The number of sulfone groups is 1. The van der Waals surface area contributed by atoms with E-state index < -0.39 is 9.84 Å². The van der Waals surface area contributed by atoms with E-state index in [4.69, 9.17) is 23.2 Å². The molecule has 0 aliphatic heterocycles. The fourth-order valence-corrected chi connectivity index (χ4v) is 4.14. The van der Waals surface area contributed by atoms with Gasteiger partial charge in [-0.05, 0) is 53.6 Å². The van der Waals surface area contributed by atoms with Crippen molar-refractivity contribution in [3.8, 4) is 11.1 Å². The van der Waals surface area contributed by atoms with Crippen LogP contribution < -0.4 is 5.32 Å². The van der Waals surface area contributed by atoms with Crippen LogP contribution in [0.15, 0.2) is 71.6 Å². The molecule has 0 aromatic heterocycles. The number of benzene rings is 3. The number of halogens is 2. The van der Waals surface area contributed by atoms with E-state index in [1.165, 1.54) is 12.1 Å². The number of amides is 1. The maximum Gasteiger partial charge on any atom is 0.228 e. The van der Waals surface area contributed by atoms with Crippen LogP contribution in [0.1, 0.15) is 12.5 Å². The van der Waals surface area contributed by atoms with Crippen LogP contribution in [-0.2, 0) is 21.1 Å². The van der Waals surface area contributed by atoms with Crippen molar-refractivity contribution in [3.63, 3.8) is 0 Å². The maximum absolute atomic E-state index is 12.4. The van der Waals surface area contributed by atoms with Gasteiger partial charge in [-0.1, -0.05) is 54.4 Å². The largest absolute Gasteiger partial charge is 0.326 e. The zero-order valence-corrected chi connectivity index (χ0v) is 18.0. The number of carbonyl (C=O) groups is 1. The normalized spacial score (nSPS) is 11.3. The molecule has 3 aromatic rings. The van der Waals surface area contributed by atoms with Crippen molar-refractivity contribution < 1.29 is 13.2 Å². The third kappa shape index (κ3) is 5.38. The molecule has 0 aliphatic carbocycles. The highest BCUT2D eigenvalue weighted by Gasteiger charge is 2.12. The molecular weight excluding hydrogens is 429 g/mol. The van der Waals surface area contributed by atoms with E-state index >= 15 is 0 Å². The smallest absolute Gasteiger partial charge is 0.228 e. The molecule has 7 heteroatoms. The van der Waals surface area contributed by atoms with Crippen LogP contribution in [0.2, 0.25) is 10.0 Å². The van der Waals surface area contributed by atoms with Crippen molar-refractivity contribution >= 4 is 44.6 Å². The molecule has 3 aromatic carbocycles. The summed E-state index contributed by atoms with van der Waals surface area (Å²) in [6.45, 7) is 1.60. The zero-order valence-electron chi connectivity index (χ0n) is 15.7. The van der Waals surface area contributed by atoms with Gasteiger partial charge in [0.2, 0.25) is 5.91 Å². The van der Waals surface area contributed by atoms with Gasteiger partial charge < -0.3 is 5.32 Å². The SMILES string of the molecule is CCS(=O)(=O)c1ccc(CC(=O)Nc2cccc(-c3cc(Cl)ccc3Cl)c2)cc1. The van der Waals surface area contributed by atoms with Gasteiger partial charge in [-0.25, -0.2) is 8.42 Å². The van der Waals surface area contributed by atoms with Crippen molar-refractivity contribution in [2.45, 2.75) is 18.2 Å². The van der Waals surface area contributed by atoms with Crippen molar-refractivity contribution in [2.24, 2.45) is 0 Å². The molecule has 1 amide bonds. The topological polar surface area (TPSA) is 63.2 Å². The number of rotatable bonds is 6. The Balaban J connectivity index is 1.72. The van der Waals surface area contributed by atoms with Crippen LogP contribution in [0, 0.1) is 0 Å². The summed E-state index contributed by atoms with van der Waals surface area (Å²) in [5.74, 6) is -0.162. The van der Waals surface area contributed by atoms with Crippen LogP contribution in [0.4, 0.5) is 5.69 Å². The molecule has 1 N–H and O–H groups in total. The first kappa shape index (κ1) is 21.4. The molecule has 0 unspecified atom stereocenters. The number of anilines is 1. The molecular formula is C22H19Cl2NO3S. The Bertz CT molecular complexity index is 1140. The fraction of sp³-hybridized carbons (Fsp3) is 0.136. The minimum Gasteiger partial charge on any atom is -0.326 e. The average molecular weight is 448 g/mol. The Labute approximate surface area is 180 Å². The second kappa shape index (κ2) is 8.99. The first-order valence-corrected chi connectivity index (χ1v) is 11.4. The third-order valence-electron chi connectivity index (χ3n) is 4.41. The van der Waals surface area contributed by atoms with Crippen LogP contribution in [0.25, 0.3) is 11.1 Å². The van der Waals surface area contributed by atoms with Gasteiger partial charge in [-0.2, -0.15) is 0 Å². The van der Waals surface area contributed by atoms with E-state index in [-0.39, 0.29) is 23.0 Å². The van der Waals surface area contributed by atoms with Crippen LogP contribution in [0.3, 0.4) is 0 Å². The van der Waals surface area contributed by atoms with E-state index in [2.05, 4.69) is 5.32 Å². The summed E-state index contributed by atoms with van der Waals surface area (Å²) in [6.07, 6.45) is 0.134. The zero-order chi connectivity index (χ0) is 21.0. The standard InChI is InChI=1S/C22H19Cl2NO3S/c1-2-29(27,28)19-9-6-15(7-10-19)12-22(26)25-18-5-3-4-16(13-18)20-14-17(23)8-11-21(20)24/h3-11,13-14H,2,12H2,1H3,(H,25,26). The van der Waals surface area contributed by atoms with Crippen molar-refractivity contribution in [2.75, 3.05) is 11.1 Å². The molecule has 0 radical (unpaired) electrons. The fourth-order valence-electron chi connectivity index (χ4n) is 2.86. The van der Waals surface area contributed by atoms with Crippen LogP contribution in [-0.4, -0.2) is 20.1 Å². The van der Waals surface area contributed by atoms with E-state index in [1.807, 2.05) is 18.2 Å². The molecule has 29 heavy (non-hydrogen) atoms. The number of carbonyl (C=O) groups excluding carboxylic acids is 1. The van der Waals surface area contributed by atoms with Gasteiger partial charge in [-0.15, -0.1) is 0 Å². The second-order valence-corrected chi connectivity index (χ2v) is 9.60. The molecule has 4 nitrogen and oxygen atoms in total. The van der Waals surface area contributed by atoms with Gasteiger partial charge in [0.25, 0.3) is 0 Å². The lowest BCUT2D eigenvalue weighted by Gasteiger charge is -2.10. The second-order valence-electron chi connectivity index (χ2n) is 6.48. The Morgan fingerprint density at radius 2 is 1.69 bits per heavy atom. The highest BCUT2D eigenvalue weighted by atomic mass is 35.5. The summed E-state index contributed by atoms with van der Waals surface area (Å²) in [7, 11) is -3.25. The average Bonchev–Trinajstić information content (AvgIpc) is 2.70. The predicted molar refractivity (Wildman–Crippen MR) is 118 cm³/mol. The van der Waals surface area contributed by atoms with Gasteiger partial charge in [0, 0.05) is 21.3 Å². The summed E-state index contributed by atoms with van der Waals surface area (Å²) in [5.41, 5.74) is 2.98. The lowest BCUT2D eigenvalue weighted by atomic mass is 10.0. The number of hydrogen-bond acceptors (Lipinski definition) is 3. The first-order valence-electron chi connectivity index (χ1n) is 8.95. The maximum atomic E-state index is 12.4. The molecule has 0 saturated heterocycles. The Hall–Kier alpha value is -2.34. The Morgan fingerprint density at radius 1 is 0.966 bits per heavy atom. The van der Waals surface area contributed by atoms with Gasteiger partial charge in [0.1, 0.15) is 0 Å². The van der Waals surface area contributed by atoms with Crippen LogP contribution >= 0.6 is 23.2 Å². The third-order valence-corrected chi connectivity index (χ3v) is 6.73. The highest BCUT2D eigenvalue weighted by molar-refractivity contribution is 7.91. The molecule has 0 spiro atoms. The van der Waals surface area contributed by atoms with E-state index in [1.54, 1.807) is 43.3 Å². The lowest BCUT2D eigenvalue weighted by Crippen LogP contribution is -2.14. The number of hydrogen-bond donors (Lipinski definition) is 1. The minimum absolute atomic E-state index is 0.0415. The summed E-state index contributed by atoms with van der Waals surface area (Å²) >= 11 is 12.3. The molecule has 3 rings (SSSR count). The molecule has 0 aliphatic rings. The summed E-state index contributed by atoms with van der Waals surface area (Å²) < 4.78 is 23.7. The van der Waals surface area contributed by atoms with Gasteiger partial charge in [-0.3, -0.25) is 4.79 Å². The van der Waals surface area contributed by atoms with Gasteiger partial charge in [0.05, 0.1) is 17.1 Å². The molecule has 0 heterocycles. The lowest BCUT2D eigenvalue weighted by molar-refractivity contribution is -0.115. The minimum atomic E-state index is -3.25. The quantitative estimate of drug-likeness (QED) is 0.531.